The van der Waals surface area contributed by atoms with E-state index in [-0.39, 0.29) is 24.3 Å². The molecule has 0 spiro atoms. The summed E-state index contributed by atoms with van der Waals surface area (Å²) in [6, 6.07) is -0.515. The average Bonchev–Trinajstić information content (AvgIpc) is 3.20. The van der Waals surface area contributed by atoms with Gasteiger partial charge in [-0.15, -0.1) is 11.3 Å². The number of nitrogens with zero attached hydrogens (tertiary/aromatic N) is 3. The van der Waals surface area contributed by atoms with Gasteiger partial charge in [0.2, 0.25) is 11.8 Å². The van der Waals surface area contributed by atoms with Gasteiger partial charge in [-0.05, 0) is 19.3 Å². The van der Waals surface area contributed by atoms with Crippen LogP contribution in [-0.2, 0) is 16.0 Å². The van der Waals surface area contributed by atoms with Gasteiger partial charge in [0.1, 0.15) is 6.04 Å². The Kier molecular flexibility index (Phi) is 5.20. The van der Waals surface area contributed by atoms with Gasteiger partial charge in [0.25, 0.3) is 0 Å². The number of hydrogen-bond donors (Lipinski definition) is 1. The molecule has 2 aliphatic rings. The number of amides is 2. The number of aliphatic hydroxyl groups excluding tert-OH is 1. The third kappa shape index (κ3) is 3.47. The van der Waals surface area contributed by atoms with E-state index in [1.165, 1.54) is 11.8 Å². The van der Waals surface area contributed by atoms with Gasteiger partial charge in [0.15, 0.2) is 0 Å². The summed E-state index contributed by atoms with van der Waals surface area (Å²) in [4.78, 5) is 32.7. The van der Waals surface area contributed by atoms with Crippen molar-refractivity contribution in [2.45, 2.75) is 57.6 Å². The minimum Gasteiger partial charge on any atom is -0.391 e. The Morgan fingerprint density at radius 3 is 2.88 bits per heavy atom. The lowest BCUT2D eigenvalue weighted by Gasteiger charge is -2.35. The molecule has 132 valence electrons. The van der Waals surface area contributed by atoms with Crippen molar-refractivity contribution < 1.29 is 14.7 Å². The first kappa shape index (κ1) is 17.4. The maximum absolute atomic E-state index is 12.9. The molecule has 0 aromatic carbocycles. The van der Waals surface area contributed by atoms with E-state index in [9.17, 15) is 14.7 Å². The van der Waals surface area contributed by atoms with Gasteiger partial charge in [-0.25, -0.2) is 4.98 Å². The van der Waals surface area contributed by atoms with Gasteiger partial charge < -0.3 is 14.9 Å². The number of piperidine rings is 1. The fourth-order valence-electron chi connectivity index (χ4n) is 3.66. The standard InChI is InChI=1S/C17H25N3O3S/c1-3-13-10-24-16(18-13)12-5-4-6-19(8-12)17(23)15-7-14(22)9-20(15)11(2)21/h10,12,14-15,22H,3-9H2,1-2H3/t12?,14-,15+/m0/s1. The number of hydrogen-bond acceptors (Lipinski definition) is 5. The summed E-state index contributed by atoms with van der Waals surface area (Å²) in [7, 11) is 0. The Morgan fingerprint density at radius 2 is 2.21 bits per heavy atom. The zero-order valence-corrected chi connectivity index (χ0v) is 15.1. The molecule has 6 nitrogen and oxygen atoms in total. The average molecular weight is 351 g/mol. The van der Waals surface area contributed by atoms with E-state index in [2.05, 4.69) is 17.3 Å². The SMILES string of the molecule is CCc1csc(C2CCCN(C(=O)[C@H]3C[C@H](O)CN3C(C)=O)C2)n1. The summed E-state index contributed by atoms with van der Waals surface area (Å²) >= 11 is 1.68. The molecule has 1 N–H and O–H groups in total. The molecule has 2 fully saturated rings. The molecule has 1 unspecified atom stereocenters. The van der Waals surface area contributed by atoms with E-state index in [1.54, 1.807) is 11.3 Å². The topological polar surface area (TPSA) is 73.7 Å². The van der Waals surface area contributed by atoms with Gasteiger partial charge in [0, 0.05) is 44.3 Å². The maximum Gasteiger partial charge on any atom is 0.245 e. The van der Waals surface area contributed by atoms with Crippen LogP contribution in [0.25, 0.3) is 0 Å². The summed E-state index contributed by atoms with van der Waals surface area (Å²) in [6.45, 7) is 5.19. The fraction of sp³-hybridized carbons (Fsp3) is 0.706. The van der Waals surface area contributed by atoms with Crippen LogP contribution in [0.1, 0.15) is 49.7 Å². The highest BCUT2D eigenvalue weighted by atomic mass is 32.1. The van der Waals surface area contributed by atoms with Crippen molar-refractivity contribution in [1.29, 1.82) is 0 Å². The van der Waals surface area contributed by atoms with Crippen molar-refractivity contribution in [3.05, 3.63) is 16.1 Å². The number of aliphatic hydroxyl groups is 1. The molecule has 24 heavy (non-hydrogen) atoms. The third-order valence-corrected chi connectivity index (χ3v) is 6.04. The molecule has 0 radical (unpaired) electrons. The van der Waals surface area contributed by atoms with Crippen molar-refractivity contribution in [2.24, 2.45) is 0 Å². The summed E-state index contributed by atoms with van der Waals surface area (Å²) in [5, 5.41) is 13.1. The van der Waals surface area contributed by atoms with E-state index < -0.39 is 12.1 Å². The minimum atomic E-state index is -0.602. The second kappa shape index (κ2) is 7.19. The van der Waals surface area contributed by atoms with Crippen LogP contribution in [0.2, 0.25) is 0 Å². The smallest absolute Gasteiger partial charge is 0.245 e. The summed E-state index contributed by atoms with van der Waals surface area (Å²) in [5.41, 5.74) is 1.11. The fourth-order valence-corrected chi connectivity index (χ4v) is 4.69. The van der Waals surface area contributed by atoms with Gasteiger partial charge in [-0.2, -0.15) is 0 Å². The molecule has 2 amide bonds. The van der Waals surface area contributed by atoms with E-state index >= 15 is 0 Å². The zero-order chi connectivity index (χ0) is 17.3. The number of rotatable bonds is 3. The molecule has 3 atom stereocenters. The molecule has 0 bridgehead atoms. The van der Waals surface area contributed by atoms with Gasteiger partial charge in [-0.1, -0.05) is 6.92 Å². The first-order valence-electron chi connectivity index (χ1n) is 8.68. The molecule has 2 saturated heterocycles. The van der Waals surface area contributed by atoms with Crippen LogP contribution >= 0.6 is 11.3 Å². The summed E-state index contributed by atoms with van der Waals surface area (Å²) < 4.78 is 0. The molecule has 3 heterocycles. The number of thiazole rings is 1. The lowest BCUT2D eigenvalue weighted by molar-refractivity contribution is -0.143. The zero-order valence-electron chi connectivity index (χ0n) is 14.3. The lowest BCUT2D eigenvalue weighted by atomic mass is 9.97. The lowest BCUT2D eigenvalue weighted by Crippen LogP contribution is -2.49. The van der Waals surface area contributed by atoms with Crippen LogP contribution in [0.4, 0.5) is 0 Å². The van der Waals surface area contributed by atoms with Crippen LogP contribution in [-0.4, -0.2) is 63.5 Å². The number of carbonyl (C=O) groups excluding carboxylic acids is 2. The summed E-state index contributed by atoms with van der Waals surface area (Å²) in [6.07, 6.45) is 2.67. The quantitative estimate of drug-likeness (QED) is 0.893. The van der Waals surface area contributed by atoms with Crippen LogP contribution in [0.5, 0.6) is 0 Å². The van der Waals surface area contributed by atoms with E-state index in [1.807, 2.05) is 4.90 Å². The first-order chi connectivity index (χ1) is 11.5. The Balaban J connectivity index is 1.69. The van der Waals surface area contributed by atoms with Gasteiger partial charge in [0.05, 0.1) is 16.8 Å². The third-order valence-electron chi connectivity index (χ3n) is 4.98. The highest BCUT2D eigenvalue weighted by Gasteiger charge is 2.40. The number of carbonyl (C=O) groups is 2. The molecule has 1 aromatic heterocycles. The van der Waals surface area contributed by atoms with Crippen molar-refractivity contribution in [3.8, 4) is 0 Å². The second-order valence-electron chi connectivity index (χ2n) is 6.73. The van der Waals surface area contributed by atoms with E-state index in [0.29, 0.717) is 13.0 Å². The predicted octanol–water partition coefficient (Wildman–Crippen LogP) is 1.39. The number of likely N-dealkylation sites (tertiary alicyclic amines) is 2. The van der Waals surface area contributed by atoms with Crippen LogP contribution in [0, 0.1) is 0 Å². The number of aryl methyl sites for hydroxylation is 1. The van der Waals surface area contributed by atoms with Crippen molar-refractivity contribution in [1.82, 2.24) is 14.8 Å². The normalized spacial score (nSPS) is 27.5. The summed E-state index contributed by atoms with van der Waals surface area (Å²) in [5.74, 6) is 0.106. The van der Waals surface area contributed by atoms with Gasteiger partial charge in [-0.3, -0.25) is 9.59 Å². The Morgan fingerprint density at radius 1 is 1.42 bits per heavy atom. The highest BCUT2D eigenvalue weighted by molar-refractivity contribution is 7.09. The van der Waals surface area contributed by atoms with Gasteiger partial charge >= 0.3 is 0 Å². The monoisotopic (exact) mass is 351 g/mol. The second-order valence-corrected chi connectivity index (χ2v) is 7.62. The molecule has 2 aliphatic heterocycles. The number of aromatic nitrogens is 1. The number of β-amino-alcohol motifs (C(OH)–C–C–N with tert-alkyl or cyclic N) is 1. The predicted molar refractivity (Wildman–Crippen MR) is 91.8 cm³/mol. The van der Waals surface area contributed by atoms with E-state index in [0.717, 1.165) is 36.5 Å². The van der Waals surface area contributed by atoms with Crippen LogP contribution in [0.3, 0.4) is 0 Å². The van der Waals surface area contributed by atoms with Crippen molar-refractivity contribution in [3.63, 3.8) is 0 Å². The maximum atomic E-state index is 12.9. The molecular formula is C17H25N3O3S. The Bertz CT molecular complexity index is 618. The highest BCUT2D eigenvalue weighted by Crippen LogP contribution is 2.31. The van der Waals surface area contributed by atoms with Crippen LogP contribution < -0.4 is 0 Å². The van der Waals surface area contributed by atoms with Crippen LogP contribution in [0.15, 0.2) is 5.38 Å². The molecule has 3 rings (SSSR count). The Labute approximate surface area is 146 Å². The molecule has 1 aromatic rings. The molecule has 0 aliphatic carbocycles. The van der Waals surface area contributed by atoms with Crippen molar-refractivity contribution >= 4 is 23.2 Å². The Hall–Kier alpha value is -1.47. The van der Waals surface area contributed by atoms with Crippen molar-refractivity contribution in [2.75, 3.05) is 19.6 Å². The first-order valence-corrected chi connectivity index (χ1v) is 9.56. The molecule has 0 saturated carbocycles. The molecule has 7 heteroatoms. The van der Waals surface area contributed by atoms with E-state index in [4.69, 9.17) is 0 Å². The largest absolute Gasteiger partial charge is 0.391 e. The minimum absolute atomic E-state index is 0.0290. The molecular weight excluding hydrogens is 326 g/mol.